The maximum atomic E-state index is 12.5. The van der Waals surface area contributed by atoms with E-state index in [9.17, 15) is 18.0 Å². The number of alkyl halides is 3. The van der Waals surface area contributed by atoms with Crippen LogP contribution in [-0.4, -0.2) is 18.7 Å². The Morgan fingerprint density at radius 2 is 2.04 bits per heavy atom. The van der Waals surface area contributed by atoms with Crippen LogP contribution < -0.4 is 5.32 Å². The van der Waals surface area contributed by atoms with Gasteiger partial charge >= 0.3 is 12.1 Å². The molecule has 1 heterocycles. The second kappa shape index (κ2) is 5.51. The lowest BCUT2D eigenvalue weighted by Gasteiger charge is -2.38. The van der Waals surface area contributed by atoms with E-state index in [0.29, 0.717) is 18.0 Å². The van der Waals surface area contributed by atoms with Crippen LogP contribution in [-0.2, 0) is 14.9 Å². The highest BCUT2D eigenvalue weighted by Gasteiger charge is 2.44. The molecule has 0 aromatic heterocycles. The molecule has 0 bridgehead atoms. The zero-order valence-electron chi connectivity index (χ0n) is 13.2. The molecule has 0 saturated carbocycles. The first-order valence-electron chi connectivity index (χ1n) is 7.84. The van der Waals surface area contributed by atoms with Crippen molar-refractivity contribution in [2.75, 3.05) is 6.54 Å². The number of hydrogen-bond acceptors (Lipinski definition) is 3. The minimum Gasteiger partial charge on any atom is -0.436 e. The van der Waals surface area contributed by atoms with Crippen molar-refractivity contribution in [3.05, 3.63) is 34.9 Å². The summed E-state index contributed by atoms with van der Waals surface area (Å²) in [5.41, 5.74) is 2.86. The fourth-order valence-corrected chi connectivity index (χ4v) is 3.74. The van der Waals surface area contributed by atoms with Gasteiger partial charge in [-0.05, 0) is 48.3 Å². The van der Waals surface area contributed by atoms with E-state index in [-0.39, 0.29) is 5.41 Å². The van der Waals surface area contributed by atoms with Crippen molar-refractivity contribution >= 4 is 5.97 Å². The summed E-state index contributed by atoms with van der Waals surface area (Å²) in [6.45, 7) is 4.82. The third-order valence-corrected chi connectivity index (χ3v) is 4.96. The lowest BCUT2D eigenvalue weighted by molar-refractivity contribution is -0.206. The van der Waals surface area contributed by atoms with Gasteiger partial charge in [0.15, 0.2) is 6.23 Å². The lowest BCUT2D eigenvalue weighted by Crippen LogP contribution is -2.33. The Morgan fingerprint density at radius 3 is 2.74 bits per heavy atom. The topological polar surface area (TPSA) is 38.3 Å². The van der Waals surface area contributed by atoms with Gasteiger partial charge in [0, 0.05) is 5.56 Å². The third kappa shape index (κ3) is 2.96. The molecule has 23 heavy (non-hydrogen) atoms. The smallest absolute Gasteiger partial charge is 0.436 e. The third-order valence-electron chi connectivity index (χ3n) is 4.96. The molecule has 1 aromatic carbocycles. The van der Waals surface area contributed by atoms with Crippen LogP contribution in [0, 0.1) is 0 Å². The van der Waals surface area contributed by atoms with E-state index in [1.54, 1.807) is 6.07 Å². The van der Waals surface area contributed by atoms with Crippen LogP contribution >= 0.6 is 0 Å². The Labute approximate surface area is 133 Å². The predicted molar refractivity (Wildman–Crippen MR) is 79.0 cm³/mol. The normalized spacial score (nSPS) is 26.1. The standard InChI is InChI=1S/C17H20F3NO2/c1-16(2)8-6-10-7-9-21-14(23-15(22)17(18,19)20)11-4-3-5-12(16)13(10)11/h3-5,10,14,21H,6-9H2,1-2H3. The fraction of sp³-hybridized carbons (Fsp3) is 0.588. The highest BCUT2D eigenvalue weighted by Crippen LogP contribution is 2.47. The minimum absolute atomic E-state index is 0.0230. The van der Waals surface area contributed by atoms with Crippen LogP contribution in [0.15, 0.2) is 18.2 Å². The van der Waals surface area contributed by atoms with Gasteiger partial charge in [-0.15, -0.1) is 0 Å². The summed E-state index contributed by atoms with van der Waals surface area (Å²) >= 11 is 0. The maximum absolute atomic E-state index is 12.5. The first-order chi connectivity index (χ1) is 10.7. The second-order valence-corrected chi connectivity index (χ2v) is 6.95. The molecule has 6 heteroatoms. The van der Waals surface area contributed by atoms with E-state index >= 15 is 0 Å². The number of esters is 1. The van der Waals surface area contributed by atoms with Gasteiger partial charge in [-0.3, -0.25) is 5.32 Å². The highest BCUT2D eigenvalue weighted by molar-refractivity contribution is 5.76. The molecule has 0 radical (unpaired) electrons. The molecular weight excluding hydrogens is 307 g/mol. The summed E-state index contributed by atoms with van der Waals surface area (Å²) in [5, 5.41) is 2.94. The first-order valence-corrected chi connectivity index (χ1v) is 7.84. The van der Waals surface area contributed by atoms with Gasteiger partial charge in [-0.1, -0.05) is 32.0 Å². The van der Waals surface area contributed by atoms with E-state index < -0.39 is 18.4 Å². The molecule has 126 valence electrons. The van der Waals surface area contributed by atoms with Crippen LogP contribution in [0.5, 0.6) is 0 Å². The van der Waals surface area contributed by atoms with Crippen molar-refractivity contribution in [1.82, 2.24) is 5.32 Å². The van der Waals surface area contributed by atoms with E-state index in [2.05, 4.69) is 19.2 Å². The summed E-state index contributed by atoms with van der Waals surface area (Å²) in [4.78, 5) is 11.2. The van der Waals surface area contributed by atoms with Gasteiger partial charge in [0.1, 0.15) is 0 Å². The quantitative estimate of drug-likeness (QED) is 0.794. The Balaban J connectivity index is 2.02. The number of halogens is 3. The molecule has 3 nitrogen and oxygen atoms in total. The summed E-state index contributed by atoms with van der Waals surface area (Å²) in [6, 6.07) is 5.64. The van der Waals surface area contributed by atoms with Gasteiger partial charge in [-0.25, -0.2) is 4.79 Å². The van der Waals surface area contributed by atoms with Crippen molar-refractivity contribution in [2.24, 2.45) is 0 Å². The molecule has 0 amide bonds. The average Bonchev–Trinajstić information content (AvgIpc) is 2.63. The van der Waals surface area contributed by atoms with E-state index in [1.807, 2.05) is 12.1 Å². The Morgan fingerprint density at radius 1 is 1.30 bits per heavy atom. The molecule has 0 saturated heterocycles. The molecule has 1 aliphatic heterocycles. The molecule has 1 aromatic rings. The fourth-order valence-electron chi connectivity index (χ4n) is 3.74. The average molecular weight is 327 g/mol. The molecule has 0 spiro atoms. The minimum atomic E-state index is -4.98. The number of benzene rings is 1. The maximum Gasteiger partial charge on any atom is 0.490 e. The number of hydrogen-bond donors (Lipinski definition) is 1. The van der Waals surface area contributed by atoms with Crippen molar-refractivity contribution in [2.45, 2.75) is 56.8 Å². The van der Waals surface area contributed by atoms with Crippen LogP contribution in [0.3, 0.4) is 0 Å². The van der Waals surface area contributed by atoms with Crippen molar-refractivity contribution in [3.63, 3.8) is 0 Å². The Bertz CT molecular complexity index is 625. The molecule has 0 fully saturated rings. The van der Waals surface area contributed by atoms with Crippen LogP contribution in [0.25, 0.3) is 0 Å². The van der Waals surface area contributed by atoms with Crippen LogP contribution in [0.4, 0.5) is 13.2 Å². The van der Waals surface area contributed by atoms with E-state index in [4.69, 9.17) is 4.74 Å². The van der Waals surface area contributed by atoms with Gasteiger partial charge in [0.25, 0.3) is 0 Å². The van der Waals surface area contributed by atoms with Gasteiger partial charge in [0.2, 0.25) is 0 Å². The largest absolute Gasteiger partial charge is 0.490 e. The first kappa shape index (κ1) is 16.3. The summed E-state index contributed by atoms with van der Waals surface area (Å²) < 4.78 is 42.3. The summed E-state index contributed by atoms with van der Waals surface area (Å²) in [7, 11) is 0. The Hall–Kier alpha value is -1.56. The van der Waals surface area contributed by atoms with Gasteiger partial charge < -0.3 is 4.74 Å². The number of rotatable bonds is 1. The second-order valence-electron chi connectivity index (χ2n) is 6.95. The van der Waals surface area contributed by atoms with Crippen molar-refractivity contribution < 1.29 is 22.7 Å². The molecule has 3 rings (SSSR count). The Kier molecular flexibility index (Phi) is 3.91. The molecule has 2 atom stereocenters. The highest BCUT2D eigenvalue weighted by atomic mass is 19.4. The number of ether oxygens (including phenoxy) is 1. The monoisotopic (exact) mass is 327 g/mol. The SMILES string of the molecule is CC1(C)CCC2CCNC(OC(=O)C(F)(F)F)c3cccc1c32. The molecule has 1 aliphatic carbocycles. The molecule has 2 unspecified atom stereocenters. The van der Waals surface area contributed by atoms with Crippen molar-refractivity contribution in [1.29, 1.82) is 0 Å². The van der Waals surface area contributed by atoms with Gasteiger partial charge in [0.05, 0.1) is 0 Å². The van der Waals surface area contributed by atoms with E-state index in [1.165, 1.54) is 0 Å². The van der Waals surface area contributed by atoms with Crippen LogP contribution in [0.2, 0.25) is 0 Å². The lowest BCUT2D eigenvalue weighted by atomic mass is 9.67. The predicted octanol–water partition coefficient (Wildman–Crippen LogP) is 3.94. The van der Waals surface area contributed by atoms with E-state index in [0.717, 1.165) is 30.4 Å². The summed E-state index contributed by atoms with van der Waals surface area (Å²) in [6.07, 6.45) is -3.15. The van der Waals surface area contributed by atoms with Gasteiger partial charge in [-0.2, -0.15) is 13.2 Å². The summed E-state index contributed by atoms with van der Waals surface area (Å²) in [5.74, 6) is -1.85. The van der Waals surface area contributed by atoms with Crippen LogP contribution in [0.1, 0.15) is 61.9 Å². The number of carbonyl (C=O) groups is 1. The number of carbonyl (C=O) groups excluding carboxylic acids is 1. The zero-order valence-corrected chi connectivity index (χ0v) is 13.2. The van der Waals surface area contributed by atoms with Crippen molar-refractivity contribution in [3.8, 4) is 0 Å². The molecule has 1 N–H and O–H groups in total. The molecular formula is C17H20F3NO2. The number of nitrogens with one attached hydrogen (secondary N) is 1. The molecule has 2 aliphatic rings. The zero-order chi connectivity index (χ0) is 16.8.